The SMILES string of the molecule is CC(C)(C)OC(=O)N1CCC([C@H](B2OC(C)(C)C(C)(C)O2)C2(c3ccccc3)CCC2)CC1. The van der Waals surface area contributed by atoms with Gasteiger partial charge in [-0.25, -0.2) is 4.79 Å². The zero-order valence-corrected chi connectivity index (χ0v) is 21.6. The van der Waals surface area contributed by atoms with E-state index < -0.39 is 5.60 Å². The molecule has 1 atom stereocenters. The van der Waals surface area contributed by atoms with Gasteiger partial charge in [0.05, 0.1) is 11.2 Å². The Morgan fingerprint density at radius 1 is 1.03 bits per heavy atom. The molecule has 2 saturated heterocycles. The second kappa shape index (κ2) is 8.60. The largest absolute Gasteiger partial charge is 0.462 e. The molecule has 0 bridgehead atoms. The normalized spacial score (nSPS) is 25.4. The Morgan fingerprint density at radius 2 is 1.58 bits per heavy atom. The van der Waals surface area contributed by atoms with Gasteiger partial charge < -0.3 is 18.9 Å². The Kier molecular flexibility index (Phi) is 6.41. The van der Waals surface area contributed by atoms with Crippen molar-refractivity contribution in [2.45, 2.75) is 109 Å². The molecule has 1 aliphatic carbocycles. The van der Waals surface area contributed by atoms with Gasteiger partial charge in [-0.3, -0.25) is 0 Å². The molecule has 3 aliphatic rings. The number of amides is 1. The van der Waals surface area contributed by atoms with E-state index in [1.54, 1.807) is 0 Å². The predicted octanol–water partition coefficient (Wildman–Crippen LogP) is 6.22. The lowest BCUT2D eigenvalue weighted by Gasteiger charge is -2.53. The molecule has 0 unspecified atom stereocenters. The van der Waals surface area contributed by atoms with E-state index in [0.717, 1.165) is 38.8 Å². The van der Waals surface area contributed by atoms with E-state index in [0.29, 0.717) is 5.92 Å². The summed E-state index contributed by atoms with van der Waals surface area (Å²) in [6.45, 7) is 15.8. The van der Waals surface area contributed by atoms with Crippen LogP contribution in [0.2, 0.25) is 5.82 Å². The van der Waals surface area contributed by atoms with Crippen molar-refractivity contribution in [3.63, 3.8) is 0 Å². The van der Waals surface area contributed by atoms with Crippen LogP contribution in [0.1, 0.15) is 86.1 Å². The van der Waals surface area contributed by atoms with Gasteiger partial charge in [-0.1, -0.05) is 36.8 Å². The number of nitrogens with zero attached hydrogens (tertiary/aromatic N) is 1. The third kappa shape index (κ3) is 4.70. The van der Waals surface area contributed by atoms with E-state index in [4.69, 9.17) is 14.0 Å². The standard InChI is InChI=1S/C27H42BNO4/c1-24(2,3)31-23(30)29-18-14-20(15-19-29)22(28-32-25(4,5)26(6,7)33-28)27(16-11-17-27)21-12-9-8-10-13-21/h8-10,12-13,20,22H,11,14-19H2,1-7H3/t22-/m0/s1. The molecule has 6 heteroatoms. The second-order valence-electron chi connectivity index (χ2n) is 12.3. The topological polar surface area (TPSA) is 48.0 Å². The van der Waals surface area contributed by atoms with E-state index in [2.05, 4.69) is 58.0 Å². The van der Waals surface area contributed by atoms with Crippen LogP contribution in [0.3, 0.4) is 0 Å². The number of hydrogen-bond donors (Lipinski definition) is 0. The molecule has 3 fully saturated rings. The summed E-state index contributed by atoms with van der Waals surface area (Å²) in [7, 11) is -0.242. The van der Waals surface area contributed by atoms with E-state index >= 15 is 0 Å². The molecule has 33 heavy (non-hydrogen) atoms. The van der Waals surface area contributed by atoms with Crippen LogP contribution in [0.15, 0.2) is 30.3 Å². The smallest absolute Gasteiger partial charge is 0.444 e. The number of rotatable bonds is 4. The Labute approximate surface area is 200 Å². The summed E-state index contributed by atoms with van der Waals surface area (Å²) in [6, 6.07) is 11.0. The minimum atomic E-state index is -0.470. The first-order valence-corrected chi connectivity index (χ1v) is 12.7. The van der Waals surface area contributed by atoms with Gasteiger partial charge in [0.15, 0.2) is 0 Å². The number of piperidine rings is 1. The number of carbonyl (C=O) groups is 1. The van der Waals surface area contributed by atoms with E-state index in [1.165, 1.54) is 12.0 Å². The van der Waals surface area contributed by atoms with Gasteiger partial charge in [0.2, 0.25) is 0 Å². The maximum atomic E-state index is 12.7. The number of benzene rings is 1. The van der Waals surface area contributed by atoms with Crippen LogP contribution in [0.4, 0.5) is 4.79 Å². The number of ether oxygens (including phenoxy) is 1. The zero-order valence-electron chi connectivity index (χ0n) is 21.6. The fourth-order valence-electron chi connectivity index (χ4n) is 5.88. The van der Waals surface area contributed by atoms with Crippen LogP contribution in [-0.2, 0) is 19.5 Å². The van der Waals surface area contributed by atoms with E-state index in [1.807, 2.05) is 25.7 Å². The average molecular weight is 455 g/mol. The number of carbonyl (C=O) groups excluding carboxylic acids is 1. The minimum absolute atomic E-state index is 0.0706. The first-order valence-electron chi connectivity index (χ1n) is 12.7. The maximum Gasteiger partial charge on any atom is 0.462 e. The Balaban J connectivity index is 1.59. The highest BCUT2D eigenvalue weighted by atomic mass is 16.7. The molecule has 1 aromatic rings. The third-order valence-electron chi connectivity index (χ3n) is 8.50. The highest BCUT2D eigenvalue weighted by Crippen LogP contribution is 2.59. The quantitative estimate of drug-likeness (QED) is 0.506. The van der Waals surface area contributed by atoms with Crippen LogP contribution < -0.4 is 0 Å². The summed E-state index contributed by atoms with van der Waals surface area (Å²) in [6.07, 6.45) is 5.26. The molecule has 4 rings (SSSR count). The van der Waals surface area contributed by atoms with Crippen LogP contribution >= 0.6 is 0 Å². The van der Waals surface area contributed by atoms with E-state index in [-0.39, 0.29) is 35.6 Å². The Morgan fingerprint density at radius 3 is 2.03 bits per heavy atom. The van der Waals surface area contributed by atoms with Gasteiger partial charge in [-0.2, -0.15) is 0 Å². The first kappa shape index (κ1) is 24.6. The molecule has 2 heterocycles. The van der Waals surface area contributed by atoms with Crippen molar-refractivity contribution in [2.75, 3.05) is 13.1 Å². The monoisotopic (exact) mass is 455 g/mol. The van der Waals surface area contributed by atoms with Gasteiger partial charge >= 0.3 is 13.2 Å². The van der Waals surface area contributed by atoms with Crippen LogP contribution in [0.5, 0.6) is 0 Å². The van der Waals surface area contributed by atoms with Crippen molar-refractivity contribution < 1.29 is 18.8 Å². The van der Waals surface area contributed by atoms with Crippen LogP contribution in [0, 0.1) is 5.92 Å². The molecule has 0 spiro atoms. The lowest BCUT2D eigenvalue weighted by molar-refractivity contribution is 0.00578. The van der Waals surface area contributed by atoms with Gasteiger partial charge in [-0.05, 0) is 91.0 Å². The molecule has 0 aromatic heterocycles. The van der Waals surface area contributed by atoms with Crippen LogP contribution in [0.25, 0.3) is 0 Å². The molecule has 1 saturated carbocycles. The zero-order chi connectivity index (χ0) is 24.1. The first-order chi connectivity index (χ1) is 15.3. The van der Waals surface area contributed by atoms with Crippen molar-refractivity contribution in [1.82, 2.24) is 4.90 Å². The lowest BCUT2D eigenvalue weighted by atomic mass is 9.43. The Hall–Kier alpha value is -1.53. The van der Waals surface area contributed by atoms with Crippen LogP contribution in [-0.4, -0.2) is 48.0 Å². The van der Waals surface area contributed by atoms with Crippen molar-refractivity contribution in [3.8, 4) is 0 Å². The minimum Gasteiger partial charge on any atom is -0.444 e. The summed E-state index contributed by atoms with van der Waals surface area (Å²) in [5, 5.41) is 0. The molecule has 0 N–H and O–H groups in total. The molecular formula is C27H42BNO4. The molecule has 5 nitrogen and oxygen atoms in total. The average Bonchev–Trinajstić information content (AvgIpc) is 2.91. The summed E-state index contributed by atoms with van der Waals surface area (Å²) in [4.78, 5) is 14.5. The second-order valence-corrected chi connectivity index (χ2v) is 12.3. The number of likely N-dealkylation sites (tertiary alicyclic amines) is 1. The van der Waals surface area contributed by atoms with Gasteiger partial charge in [0.1, 0.15) is 5.60 Å². The molecular weight excluding hydrogens is 413 g/mol. The Bertz CT molecular complexity index is 819. The highest BCUT2D eigenvalue weighted by molar-refractivity contribution is 6.48. The summed E-state index contributed by atoms with van der Waals surface area (Å²) in [5.41, 5.74) is 0.304. The summed E-state index contributed by atoms with van der Waals surface area (Å²) in [5.74, 6) is 0.689. The van der Waals surface area contributed by atoms with Crippen molar-refractivity contribution in [1.29, 1.82) is 0 Å². The molecule has 182 valence electrons. The molecule has 1 amide bonds. The molecule has 0 radical (unpaired) electrons. The molecule has 2 aliphatic heterocycles. The summed E-state index contributed by atoms with van der Waals surface area (Å²) >= 11 is 0. The van der Waals surface area contributed by atoms with Gasteiger partial charge in [0, 0.05) is 18.9 Å². The van der Waals surface area contributed by atoms with Crippen molar-refractivity contribution >= 4 is 13.2 Å². The highest BCUT2D eigenvalue weighted by Gasteiger charge is 2.61. The predicted molar refractivity (Wildman–Crippen MR) is 132 cm³/mol. The maximum absolute atomic E-state index is 12.7. The van der Waals surface area contributed by atoms with Gasteiger partial charge in [0.25, 0.3) is 0 Å². The summed E-state index contributed by atoms with van der Waals surface area (Å²) < 4.78 is 19.0. The molecule has 1 aromatic carbocycles. The van der Waals surface area contributed by atoms with E-state index in [9.17, 15) is 4.79 Å². The lowest BCUT2D eigenvalue weighted by Crippen LogP contribution is -2.52. The number of hydrogen-bond acceptors (Lipinski definition) is 4. The van der Waals surface area contributed by atoms with Gasteiger partial charge in [-0.15, -0.1) is 0 Å². The fourth-order valence-corrected chi connectivity index (χ4v) is 5.88. The fraction of sp³-hybridized carbons (Fsp3) is 0.741. The van der Waals surface area contributed by atoms with Crippen molar-refractivity contribution in [2.24, 2.45) is 5.92 Å². The third-order valence-corrected chi connectivity index (χ3v) is 8.50. The van der Waals surface area contributed by atoms with Crippen molar-refractivity contribution in [3.05, 3.63) is 35.9 Å².